The second kappa shape index (κ2) is 10.8. The van der Waals surface area contributed by atoms with Crippen molar-refractivity contribution in [1.82, 2.24) is 14.5 Å². The molecule has 0 radical (unpaired) electrons. The van der Waals surface area contributed by atoms with Gasteiger partial charge in [0.15, 0.2) is 0 Å². The van der Waals surface area contributed by atoms with Crippen molar-refractivity contribution >= 4 is 33.6 Å². The average molecular weight is 500 g/mol. The zero-order chi connectivity index (χ0) is 26.5. The number of non-ortho nitro benzene ring substituents is 1. The van der Waals surface area contributed by atoms with E-state index in [1.54, 1.807) is 6.07 Å². The molecule has 0 fully saturated rings. The summed E-state index contributed by atoms with van der Waals surface area (Å²) in [7, 11) is 0. The number of H-pyrrole nitrogens is 1. The number of nitrogens with two attached hydrogens (primary N) is 1. The van der Waals surface area contributed by atoms with E-state index < -0.39 is 10.9 Å². The van der Waals surface area contributed by atoms with Gasteiger partial charge in [0.05, 0.1) is 21.5 Å². The minimum atomic E-state index is -0.833. The van der Waals surface area contributed by atoms with Crippen LogP contribution >= 0.6 is 0 Å². The van der Waals surface area contributed by atoms with Crippen molar-refractivity contribution in [3.63, 3.8) is 0 Å². The van der Waals surface area contributed by atoms with Gasteiger partial charge in [0.2, 0.25) is 0 Å². The molecule has 0 atom stereocenters. The Kier molecular flexibility index (Phi) is 7.40. The predicted octanol–water partition coefficient (Wildman–Crippen LogP) is 4.56. The maximum absolute atomic E-state index is 13.1. The summed E-state index contributed by atoms with van der Waals surface area (Å²) in [4.78, 5) is 40.6. The van der Waals surface area contributed by atoms with Crippen LogP contribution in [0.5, 0.6) is 0 Å². The van der Waals surface area contributed by atoms with Crippen LogP contribution in [0.4, 0.5) is 5.69 Å². The molecule has 0 bridgehead atoms. The number of aryl methyl sites for hydroxylation is 1. The van der Waals surface area contributed by atoms with Crippen LogP contribution in [0.1, 0.15) is 13.3 Å². The predicted molar refractivity (Wildman–Crippen MR) is 142 cm³/mol. The SMILES string of the molecule is CC(=O)O.NCCCn1cc(-c2nc3ccc(-c4ccccc4)cc3[nH]c2=O)c2ccc([N+](=O)[O-])cc21. The van der Waals surface area contributed by atoms with E-state index in [1.165, 1.54) is 12.1 Å². The second-order valence-electron chi connectivity index (χ2n) is 8.37. The Balaban J connectivity index is 0.000000747. The molecule has 0 unspecified atom stereocenters. The molecule has 188 valence electrons. The van der Waals surface area contributed by atoms with Gasteiger partial charge in [0.25, 0.3) is 17.2 Å². The van der Waals surface area contributed by atoms with Crippen molar-refractivity contribution in [3.05, 3.63) is 93.4 Å². The molecule has 0 aliphatic carbocycles. The third kappa shape index (κ3) is 5.54. The van der Waals surface area contributed by atoms with Crippen LogP contribution in [-0.2, 0) is 11.3 Å². The Hall–Kier alpha value is -4.83. The molecule has 4 N–H and O–H groups in total. The smallest absolute Gasteiger partial charge is 0.300 e. The van der Waals surface area contributed by atoms with Crippen LogP contribution < -0.4 is 11.3 Å². The van der Waals surface area contributed by atoms with E-state index in [4.69, 9.17) is 15.6 Å². The molecule has 37 heavy (non-hydrogen) atoms. The summed E-state index contributed by atoms with van der Waals surface area (Å²) in [5.41, 5.74) is 10.3. The number of carboxylic acids is 1. The van der Waals surface area contributed by atoms with Crippen LogP contribution in [0.3, 0.4) is 0 Å². The number of nitrogens with one attached hydrogen (secondary N) is 1. The number of hydrogen-bond donors (Lipinski definition) is 3. The molecule has 5 rings (SSSR count). The first-order valence-corrected chi connectivity index (χ1v) is 11.5. The van der Waals surface area contributed by atoms with E-state index in [1.807, 2.05) is 59.3 Å². The number of fused-ring (bicyclic) bond motifs is 2. The van der Waals surface area contributed by atoms with E-state index in [0.29, 0.717) is 41.6 Å². The van der Waals surface area contributed by atoms with Gasteiger partial charge in [-0.3, -0.25) is 19.7 Å². The summed E-state index contributed by atoms with van der Waals surface area (Å²) < 4.78 is 1.90. The lowest BCUT2D eigenvalue weighted by atomic mass is 10.0. The molecule has 0 aliphatic heterocycles. The van der Waals surface area contributed by atoms with Gasteiger partial charge < -0.3 is 20.4 Å². The van der Waals surface area contributed by atoms with Crippen LogP contribution in [0.2, 0.25) is 0 Å². The first kappa shape index (κ1) is 25.3. The van der Waals surface area contributed by atoms with Crippen molar-refractivity contribution in [2.45, 2.75) is 19.9 Å². The lowest BCUT2D eigenvalue weighted by Crippen LogP contribution is -2.11. The number of nitro groups is 1. The monoisotopic (exact) mass is 499 g/mol. The number of aromatic amines is 1. The number of benzene rings is 3. The van der Waals surface area contributed by atoms with Gasteiger partial charge in [-0.25, -0.2) is 4.98 Å². The number of carbonyl (C=O) groups is 1. The molecule has 0 spiro atoms. The Bertz CT molecular complexity index is 1650. The van der Waals surface area contributed by atoms with Crippen molar-refractivity contribution in [1.29, 1.82) is 0 Å². The standard InChI is InChI=1S/C25H21N5O3.C2H4O2/c26-11-4-12-29-15-20(19-9-8-18(30(32)33)14-23(19)29)24-25(31)28-22-13-17(7-10-21(22)27-24)16-5-2-1-3-6-16;1-2(3)4/h1-3,5-10,13-15H,4,11-12,26H2,(H,28,31);1H3,(H,3,4). The molecule has 0 saturated heterocycles. The number of rotatable bonds is 6. The maximum Gasteiger partial charge on any atom is 0.300 e. The quantitative estimate of drug-likeness (QED) is 0.228. The average Bonchev–Trinajstić information content (AvgIpc) is 3.24. The van der Waals surface area contributed by atoms with Crippen LogP contribution in [-0.4, -0.2) is 37.1 Å². The van der Waals surface area contributed by atoms with Gasteiger partial charge in [0.1, 0.15) is 5.69 Å². The molecule has 3 aromatic carbocycles. The molecule has 10 nitrogen and oxygen atoms in total. The van der Waals surface area contributed by atoms with Crippen molar-refractivity contribution in [2.24, 2.45) is 5.73 Å². The highest BCUT2D eigenvalue weighted by atomic mass is 16.6. The number of hydrogen-bond acceptors (Lipinski definition) is 6. The summed E-state index contributed by atoms with van der Waals surface area (Å²) in [5, 5.41) is 19.4. The Morgan fingerprint density at radius 3 is 2.51 bits per heavy atom. The van der Waals surface area contributed by atoms with E-state index in [-0.39, 0.29) is 16.9 Å². The van der Waals surface area contributed by atoms with Gasteiger partial charge in [-0.05, 0) is 42.3 Å². The number of nitrogens with zero attached hydrogens (tertiary/aromatic N) is 3. The molecule has 0 amide bonds. The van der Waals surface area contributed by atoms with Crippen LogP contribution in [0.25, 0.3) is 44.3 Å². The number of nitro benzene ring substituents is 1. The number of carboxylic acid groups (broad SMARTS) is 1. The first-order chi connectivity index (χ1) is 17.8. The number of aromatic nitrogens is 3. The van der Waals surface area contributed by atoms with Crippen molar-refractivity contribution < 1.29 is 14.8 Å². The second-order valence-corrected chi connectivity index (χ2v) is 8.37. The molecule has 5 aromatic rings. The highest BCUT2D eigenvalue weighted by Crippen LogP contribution is 2.32. The normalized spacial score (nSPS) is 10.8. The summed E-state index contributed by atoms with van der Waals surface area (Å²) in [6.07, 6.45) is 2.53. The number of aliphatic carboxylic acids is 1. The lowest BCUT2D eigenvalue weighted by molar-refractivity contribution is -0.384. The van der Waals surface area contributed by atoms with Gasteiger partial charge in [-0.1, -0.05) is 36.4 Å². The summed E-state index contributed by atoms with van der Waals surface area (Å²) in [6, 6.07) is 20.3. The molecule has 2 aromatic heterocycles. The van der Waals surface area contributed by atoms with Crippen LogP contribution in [0, 0.1) is 10.1 Å². The van der Waals surface area contributed by atoms with E-state index in [2.05, 4.69) is 9.97 Å². The minimum absolute atomic E-state index is 0.00466. The third-order valence-electron chi connectivity index (χ3n) is 5.73. The summed E-state index contributed by atoms with van der Waals surface area (Å²) in [6.45, 7) is 2.16. The van der Waals surface area contributed by atoms with E-state index in [9.17, 15) is 14.9 Å². The fourth-order valence-electron chi connectivity index (χ4n) is 4.11. The molecular formula is C27H25N5O5. The highest BCUT2D eigenvalue weighted by molar-refractivity contribution is 5.97. The van der Waals surface area contributed by atoms with Gasteiger partial charge in [-0.15, -0.1) is 0 Å². The summed E-state index contributed by atoms with van der Waals surface area (Å²) in [5.74, 6) is -0.833. The minimum Gasteiger partial charge on any atom is -0.481 e. The summed E-state index contributed by atoms with van der Waals surface area (Å²) >= 11 is 0. The van der Waals surface area contributed by atoms with Gasteiger partial charge in [0, 0.05) is 42.7 Å². The molecule has 0 saturated carbocycles. The first-order valence-electron chi connectivity index (χ1n) is 11.5. The van der Waals surface area contributed by atoms with Crippen molar-refractivity contribution in [2.75, 3.05) is 6.54 Å². The van der Waals surface area contributed by atoms with Gasteiger partial charge in [-0.2, -0.15) is 0 Å². The maximum atomic E-state index is 13.1. The Morgan fingerprint density at radius 2 is 1.84 bits per heavy atom. The Morgan fingerprint density at radius 1 is 1.11 bits per heavy atom. The van der Waals surface area contributed by atoms with Crippen LogP contribution in [0.15, 0.2) is 77.7 Å². The van der Waals surface area contributed by atoms with E-state index >= 15 is 0 Å². The molecule has 2 heterocycles. The Labute approximate surface area is 211 Å². The third-order valence-corrected chi connectivity index (χ3v) is 5.73. The zero-order valence-electron chi connectivity index (χ0n) is 20.0. The molecule has 0 aliphatic rings. The van der Waals surface area contributed by atoms with Gasteiger partial charge >= 0.3 is 0 Å². The molecule has 10 heteroatoms. The van der Waals surface area contributed by atoms with E-state index in [0.717, 1.165) is 23.4 Å². The fraction of sp³-hybridized carbons (Fsp3) is 0.148. The fourth-order valence-corrected chi connectivity index (χ4v) is 4.11. The molecular weight excluding hydrogens is 474 g/mol. The zero-order valence-corrected chi connectivity index (χ0v) is 20.0. The topological polar surface area (TPSA) is 157 Å². The lowest BCUT2D eigenvalue weighted by Gasteiger charge is -2.05. The largest absolute Gasteiger partial charge is 0.481 e. The van der Waals surface area contributed by atoms with Crippen molar-refractivity contribution in [3.8, 4) is 22.4 Å². The highest BCUT2D eigenvalue weighted by Gasteiger charge is 2.18.